The van der Waals surface area contributed by atoms with E-state index in [4.69, 9.17) is 4.74 Å². The summed E-state index contributed by atoms with van der Waals surface area (Å²) >= 11 is 0. The quantitative estimate of drug-likeness (QED) is 0.802. The number of benzene rings is 1. The normalized spacial score (nSPS) is 27.7. The van der Waals surface area contributed by atoms with Crippen molar-refractivity contribution < 1.29 is 4.74 Å². The van der Waals surface area contributed by atoms with Gasteiger partial charge in [0, 0.05) is 32.1 Å². The molecule has 1 saturated heterocycles. The van der Waals surface area contributed by atoms with Crippen molar-refractivity contribution in [3.63, 3.8) is 0 Å². The molecule has 3 rings (SSSR count). The van der Waals surface area contributed by atoms with Gasteiger partial charge in [0.2, 0.25) is 0 Å². The van der Waals surface area contributed by atoms with Crippen molar-refractivity contribution in [3.8, 4) is 5.75 Å². The van der Waals surface area contributed by atoms with Crippen molar-refractivity contribution in [1.29, 1.82) is 0 Å². The van der Waals surface area contributed by atoms with E-state index in [0.29, 0.717) is 12.1 Å². The highest BCUT2D eigenvalue weighted by atomic mass is 16.5. The first-order valence-electron chi connectivity index (χ1n) is 6.61. The van der Waals surface area contributed by atoms with Gasteiger partial charge < -0.3 is 15.0 Å². The van der Waals surface area contributed by atoms with E-state index in [9.17, 15) is 0 Å². The number of piperazine rings is 1. The van der Waals surface area contributed by atoms with Crippen molar-refractivity contribution in [2.45, 2.75) is 31.9 Å². The fourth-order valence-corrected chi connectivity index (χ4v) is 2.86. The van der Waals surface area contributed by atoms with Gasteiger partial charge >= 0.3 is 0 Å². The Labute approximate surface area is 103 Å². The number of nitrogens with one attached hydrogen (secondary N) is 1. The van der Waals surface area contributed by atoms with Crippen molar-refractivity contribution >= 4 is 5.69 Å². The summed E-state index contributed by atoms with van der Waals surface area (Å²) in [6, 6.07) is 9.03. The maximum atomic E-state index is 6.13. The summed E-state index contributed by atoms with van der Waals surface area (Å²) < 4.78 is 6.13. The highest BCUT2D eigenvalue weighted by Crippen LogP contribution is 2.35. The predicted molar refractivity (Wildman–Crippen MR) is 69.8 cm³/mol. The van der Waals surface area contributed by atoms with E-state index < -0.39 is 0 Å². The first-order valence-corrected chi connectivity index (χ1v) is 6.61. The minimum atomic E-state index is 0.353. The van der Waals surface area contributed by atoms with Crippen molar-refractivity contribution in [2.24, 2.45) is 0 Å². The maximum absolute atomic E-state index is 6.13. The standard InChI is InChI=1S/C14H20N2O/c1-2-12-9-11-10-15-7-8-16(11)13-5-3-4-6-14(13)17-12/h3-6,11-12,15H,2,7-10H2,1H3/t11-,12?/m0/s1. The molecule has 1 aromatic rings. The zero-order valence-electron chi connectivity index (χ0n) is 10.4. The second kappa shape index (κ2) is 4.57. The summed E-state index contributed by atoms with van der Waals surface area (Å²) in [7, 11) is 0. The zero-order chi connectivity index (χ0) is 11.7. The van der Waals surface area contributed by atoms with E-state index in [2.05, 4.69) is 41.4 Å². The molecule has 3 heteroatoms. The average Bonchev–Trinajstić information content (AvgIpc) is 2.55. The van der Waals surface area contributed by atoms with E-state index in [-0.39, 0.29) is 0 Å². The molecule has 2 heterocycles. The van der Waals surface area contributed by atoms with Crippen molar-refractivity contribution in [3.05, 3.63) is 24.3 Å². The second-order valence-corrected chi connectivity index (χ2v) is 4.90. The summed E-state index contributed by atoms with van der Waals surface area (Å²) in [5, 5.41) is 3.49. The third kappa shape index (κ3) is 2.00. The van der Waals surface area contributed by atoms with Crippen LogP contribution in [0.25, 0.3) is 0 Å². The lowest BCUT2D eigenvalue weighted by atomic mass is 10.0. The minimum absolute atomic E-state index is 0.353. The van der Waals surface area contributed by atoms with Crippen LogP contribution in [0.15, 0.2) is 24.3 Å². The molecule has 92 valence electrons. The van der Waals surface area contributed by atoms with Gasteiger partial charge in [0.1, 0.15) is 11.9 Å². The first-order chi connectivity index (χ1) is 8.38. The maximum Gasteiger partial charge on any atom is 0.143 e. The van der Waals surface area contributed by atoms with Gasteiger partial charge in [0.05, 0.1) is 5.69 Å². The van der Waals surface area contributed by atoms with Crippen LogP contribution in [0.2, 0.25) is 0 Å². The predicted octanol–water partition coefficient (Wildman–Crippen LogP) is 2.03. The van der Waals surface area contributed by atoms with Crippen molar-refractivity contribution in [1.82, 2.24) is 5.32 Å². The highest BCUT2D eigenvalue weighted by Gasteiger charge is 2.30. The van der Waals surface area contributed by atoms with E-state index in [1.165, 1.54) is 5.69 Å². The summed E-state index contributed by atoms with van der Waals surface area (Å²) in [6.07, 6.45) is 2.56. The zero-order valence-corrected chi connectivity index (χ0v) is 10.4. The fraction of sp³-hybridized carbons (Fsp3) is 0.571. The molecule has 1 N–H and O–H groups in total. The molecule has 0 amide bonds. The summed E-state index contributed by atoms with van der Waals surface area (Å²) in [5.74, 6) is 1.06. The SMILES string of the molecule is CCC1C[C@H]2CNCCN2c2ccccc2O1. The molecule has 0 aliphatic carbocycles. The number of hydrogen-bond donors (Lipinski definition) is 1. The first kappa shape index (κ1) is 10.9. The third-order valence-corrected chi connectivity index (χ3v) is 3.81. The molecular formula is C14H20N2O. The van der Waals surface area contributed by atoms with Crippen molar-refractivity contribution in [2.75, 3.05) is 24.5 Å². The van der Waals surface area contributed by atoms with Crippen LogP contribution >= 0.6 is 0 Å². The fourth-order valence-electron chi connectivity index (χ4n) is 2.86. The van der Waals surface area contributed by atoms with Crippen LogP contribution in [-0.4, -0.2) is 31.8 Å². The molecule has 3 nitrogen and oxygen atoms in total. The molecule has 0 aromatic heterocycles. The van der Waals surface area contributed by atoms with Crippen LogP contribution in [0.4, 0.5) is 5.69 Å². The number of hydrogen-bond acceptors (Lipinski definition) is 3. The molecule has 17 heavy (non-hydrogen) atoms. The van der Waals surface area contributed by atoms with E-state index >= 15 is 0 Å². The average molecular weight is 232 g/mol. The number of para-hydroxylation sites is 2. The Balaban J connectivity index is 1.98. The Bertz CT molecular complexity index is 394. The Morgan fingerprint density at radius 3 is 3.18 bits per heavy atom. The number of fused-ring (bicyclic) bond motifs is 3. The van der Waals surface area contributed by atoms with Gasteiger partial charge in [0.25, 0.3) is 0 Å². The lowest BCUT2D eigenvalue weighted by Gasteiger charge is -2.37. The van der Waals surface area contributed by atoms with Crippen LogP contribution in [0.5, 0.6) is 5.75 Å². The van der Waals surface area contributed by atoms with Gasteiger partial charge in [-0.1, -0.05) is 19.1 Å². The molecule has 0 saturated carbocycles. The second-order valence-electron chi connectivity index (χ2n) is 4.90. The van der Waals surface area contributed by atoms with Gasteiger partial charge in [-0.3, -0.25) is 0 Å². The molecule has 0 bridgehead atoms. The minimum Gasteiger partial charge on any atom is -0.488 e. The highest BCUT2D eigenvalue weighted by molar-refractivity contribution is 5.60. The van der Waals surface area contributed by atoms with Crippen LogP contribution < -0.4 is 15.0 Å². The molecule has 1 fully saturated rings. The smallest absolute Gasteiger partial charge is 0.143 e. The van der Waals surface area contributed by atoms with E-state index in [1.54, 1.807) is 0 Å². The molecule has 0 spiro atoms. The Hall–Kier alpha value is -1.22. The van der Waals surface area contributed by atoms with Gasteiger partial charge in [0.15, 0.2) is 0 Å². The van der Waals surface area contributed by atoms with Gasteiger partial charge in [-0.15, -0.1) is 0 Å². The lowest BCUT2D eigenvalue weighted by Crippen LogP contribution is -2.51. The Morgan fingerprint density at radius 2 is 2.29 bits per heavy atom. The van der Waals surface area contributed by atoms with Crippen LogP contribution in [0.3, 0.4) is 0 Å². The number of rotatable bonds is 1. The molecule has 0 radical (unpaired) electrons. The molecule has 2 atom stereocenters. The molecular weight excluding hydrogens is 212 g/mol. The third-order valence-electron chi connectivity index (χ3n) is 3.81. The number of anilines is 1. The molecule has 2 aliphatic rings. The topological polar surface area (TPSA) is 24.5 Å². The van der Waals surface area contributed by atoms with Crippen LogP contribution in [-0.2, 0) is 0 Å². The number of ether oxygens (including phenoxy) is 1. The Morgan fingerprint density at radius 1 is 1.41 bits per heavy atom. The van der Waals surface area contributed by atoms with Crippen LogP contribution in [0, 0.1) is 0 Å². The molecule has 2 aliphatic heterocycles. The van der Waals surface area contributed by atoms with Gasteiger partial charge in [-0.05, 0) is 18.6 Å². The largest absolute Gasteiger partial charge is 0.488 e. The number of nitrogens with zero attached hydrogens (tertiary/aromatic N) is 1. The molecule has 1 unspecified atom stereocenters. The van der Waals surface area contributed by atoms with E-state index in [0.717, 1.165) is 38.2 Å². The van der Waals surface area contributed by atoms with Gasteiger partial charge in [-0.25, -0.2) is 0 Å². The Kier molecular flexibility index (Phi) is 2.93. The lowest BCUT2D eigenvalue weighted by molar-refractivity contribution is 0.183. The summed E-state index contributed by atoms with van der Waals surface area (Å²) in [5.41, 5.74) is 1.27. The monoisotopic (exact) mass is 232 g/mol. The van der Waals surface area contributed by atoms with Crippen LogP contribution in [0.1, 0.15) is 19.8 Å². The summed E-state index contributed by atoms with van der Waals surface area (Å²) in [4.78, 5) is 2.52. The summed E-state index contributed by atoms with van der Waals surface area (Å²) in [6.45, 7) is 5.44. The van der Waals surface area contributed by atoms with Gasteiger partial charge in [-0.2, -0.15) is 0 Å². The molecule has 1 aromatic carbocycles. The van der Waals surface area contributed by atoms with E-state index in [1.807, 2.05) is 0 Å².